The van der Waals surface area contributed by atoms with Gasteiger partial charge in [0.05, 0.1) is 26.4 Å². The van der Waals surface area contributed by atoms with Crippen LogP contribution in [0.4, 0.5) is 0 Å². The number of aliphatic hydroxyl groups excluding tert-OH is 1. The summed E-state index contributed by atoms with van der Waals surface area (Å²) in [5.74, 6) is 1.64. The Balaban J connectivity index is 0.00000180. The van der Waals surface area contributed by atoms with Crippen molar-refractivity contribution in [1.82, 2.24) is 0 Å². The standard InChI is InChI=1S/C13H18BrNO3.ClH/c1-17-9-5-8(6-10(18-2)11(9)14)12(15)13(16)7-3-4-7;/h5-7,12-13,16H,3-4,15H2,1-2H3;1H/t12-,13+;/m1./s1. The Hall–Kier alpha value is -0.490. The number of halogens is 2. The Morgan fingerprint density at radius 1 is 1.26 bits per heavy atom. The van der Waals surface area contributed by atoms with Crippen LogP contribution < -0.4 is 15.2 Å². The molecule has 1 aromatic carbocycles. The van der Waals surface area contributed by atoms with Gasteiger partial charge < -0.3 is 20.3 Å². The molecule has 1 fully saturated rings. The Labute approximate surface area is 127 Å². The van der Waals surface area contributed by atoms with Gasteiger partial charge in [0.2, 0.25) is 0 Å². The second-order valence-corrected chi connectivity index (χ2v) is 5.39. The van der Waals surface area contributed by atoms with Crippen LogP contribution in [0.3, 0.4) is 0 Å². The summed E-state index contributed by atoms with van der Waals surface area (Å²) in [6, 6.07) is 3.26. The molecule has 0 unspecified atom stereocenters. The highest BCUT2D eigenvalue weighted by molar-refractivity contribution is 9.10. The second-order valence-electron chi connectivity index (χ2n) is 4.59. The minimum atomic E-state index is -0.499. The molecule has 0 spiro atoms. The molecule has 0 aromatic heterocycles. The molecular weight excluding hydrogens is 334 g/mol. The van der Waals surface area contributed by atoms with Crippen molar-refractivity contribution in [3.8, 4) is 11.5 Å². The Kier molecular flexibility index (Phi) is 5.92. The number of ether oxygens (including phenoxy) is 2. The maximum atomic E-state index is 10.1. The molecule has 0 amide bonds. The fourth-order valence-corrected chi connectivity index (χ4v) is 2.56. The Morgan fingerprint density at radius 2 is 1.74 bits per heavy atom. The van der Waals surface area contributed by atoms with Crippen molar-refractivity contribution < 1.29 is 14.6 Å². The molecule has 0 radical (unpaired) electrons. The number of hydrogen-bond donors (Lipinski definition) is 2. The highest BCUT2D eigenvalue weighted by Gasteiger charge is 2.34. The third-order valence-corrected chi connectivity index (χ3v) is 4.11. The number of benzene rings is 1. The first kappa shape index (κ1) is 16.6. The number of aliphatic hydroxyl groups is 1. The van der Waals surface area contributed by atoms with Gasteiger partial charge in [-0.05, 0) is 52.4 Å². The summed E-state index contributed by atoms with van der Waals surface area (Å²) in [6.45, 7) is 0. The van der Waals surface area contributed by atoms with Gasteiger partial charge in [0.25, 0.3) is 0 Å². The number of rotatable bonds is 5. The van der Waals surface area contributed by atoms with Crippen LogP contribution in [0.5, 0.6) is 11.5 Å². The number of nitrogens with two attached hydrogens (primary N) is 1. The van der Waals surface area contributed by atoms with Crippen LogP contribution in [0.2, 0.25) is 0 Å². The zero-order valence-corrected chi connectivity index (χ0v) is 13.3. The van der Waals surface area contributed by atoms with Gasteiger partial charge in [-0.3, -0.25) is 0 Å². The predicted molar refractivity (Wildman–Crippen MR) is 80.2 cm³/mol. The second kappa shape index (κ2) is 6.79. The minimum absolute atomic E-state index is 0. The fraction of sp³-hybridized carbons (Fsp3) is 0.538. The van der Waals surface area contributed by atoms with Crippen LogP contribution >= 0.6 is 28.3 Å². The minimum Gasteiger partial charge on any atom is -0.495 e. The first-order chi connectivity index (χ1) is 8.58. The molecule has 6 heteroatoms. The summed E-state index contributed by atoms with van der Waals surface area (Å²) in [6.07, 6.45) is 1.61. The topological polar surface area (TPSA) is 64.7 Å². The molecule has 3 N–H and O–H groups in total. The van der Waals surface area contributed by atoms with Gasteiger partial charge in [-0.25, -0.2) is 0 Å². The summed E-state index contributed by atoms with van der Waals surface area (Å²) in [5, 5.41) is 10.1. The van der Waals surface area contributed by atoms with Crippen molar-refractivity contribution >= 4 is 28.3 Å². The lowest BCUT2D eigenvalue weighted by Gasteiger charge is -2.20. The number of hydrogen-bond acceptors (Lipinski definition) is 4. The van der Waals surface area contributed by atoms with Crippen molar-refractivity contribution in [1.29, 1.82) is 0 Å². The quantitative estimate of drug-likeness (QED) is 0.855. The van der Waals surface area contributed by atoms with E-state index in [2.05, 4.69) is 15.9 Å². The highest BCUT2D eigenvalue weighted by Crippen LogP contribution is 2.41. The molecule has 1 aliphatic carbocycles. The van der Waals surface area contributed by atoms with Crippen LogP contribution in [0, 0.1) is 5.92 Å². The van der Waals surface area contributed by atoms with Crippen LogP contribution in [-0.4, -0.2) is 25.4 Å². The maximum absolute atomic E-state index is 10.1. The highest BCUT2D eigenvalue weighted by atomic mass is 79.9. The molecule has 1 aromatic rings. The monoisotopic (exact) mass is 351 g/mol. The van der Waals surface area contributed by atoms with Crippen molar-refractivity contribution in [3.05, 3.63) is 22.2 Å². The van der Waals surface area contributed by atoms with Crippen molar-refractivity contribution in [2.24, 2.45) is 11.7 Å². The average Bonchev–Trinajstić information content (AvgIpc) is 3.21. The van der Waals surface area contributed by atoms with Gasteiger partial charge in [0, 0.05) is 0 Å². The van der Waals surface area contributed by atoms with Crippen molar-refractivity contribution in [2.75, 3.05) is 14.2 Å². The summed E-state index contributed by atoms with van der Waals surface area (Å²) in [7, 11) is 3.18. The van der Waals surface area contributed by atoms with E-state index in [0.717, 1.165) is 22.9 Å². The SMILES string of the molecule is COc1cc([C@@H](N)[C@@H](O)C2CC2)cc(OC)c1Br.Cl. The van der Waals surface area contributed by atoms with Gasteiger partial charge in [0.15, 0.2) is 0 Å². The van der Waals surface area contributed by atoms with Gasteiger partial charge in [-0.15, -0.1) is 12.4 Å². The van der Waals surface area contributed by atoms with E-state index in [1.807, 2.05) is 12.1 Å². The zero-order chi connectivity index (χ0) is 13.3. The summed E-state index contributed by atoms with van der Waals surface area (Å²) in [4.78, 5) is 0. The molecule has 0 saturated heterocycles. The molecule has 4 nitrogen and oxygen atoms in total. The molecule has 0 aliphatic heterocycles. The first-order valence-electron chi connectivity index (χ1n) is 5.93. The van der Waals surface area contributed by atoms with E-state index < -0.39 is 12.1 Å². The lowest BCUT2D eigenvalue weighted by atomic mass is 9.98. The van der Waals surface area contributed by atoms with E-state index in [1.54, 1.807) is 14.2 Å². The van der Waals surface area contributed by atoms with E-state index in [9.17, 15) is 5.11 Å². The molecule has 1 saturated carbocycles. The maximum Gasteiger partial charge on any atom is 0.137 e. The zero-order valence-electron chi connectivity index (χ0n) is 10.9. The average molecular weight is 353 g/mol. The smallest absolute Gasteiger partial charge is 0.137 e. The molecule has 19 heavy (non-hydrogen) atoms. The predicted octanol–water partition coefficient (Wildman–Crippen LogP) is 2.66. The van der Waals surface area contributed by atoms with E-state index in [4.69, 9.17) is 15.2 Å². The van der Waals surface area contributed by atoms with E-state index in [0.29, 0.717) is 17.4 Å². The van der Waals surface area contributed by atoms with E-state index in [-0.39, 0.29) is 12.4 Å². The Morgan fingerprint density at radius 3 is 2.11 bits per heavy atom. The molecule has 2 rings (SSSR count). The third-order valence-electron chi connectivity index (χ3n) is 3.33. The molecule has 0 heterocycles. The molecule has 0 bridgehead atoms. The van der Waals surface area contributed by atoms with Crippen LogP contribution in [-0.2, 0) is 0 Å². The van der Waals surface area contributed by atoms with Gasteiger partial charge in [-0.2, -0.15) is 0 Å². The van der Waals surface area contributed by atoms with Gasteiger partial charge in [0.1, 0.15) is 16.0 Å². The van der Waals surface area contributed by atoms with Crippen LogP contribution in [0.15, 0.2) is 16.6 Å². The third kappa shape index (κ3) is 3.54. The lowest BCUT2D eigenvalue weighted by Crippen LogP contribution is -2.27. The van der Waals surface area contributed by atoms with Gasteiger partial charge in [-0.1, -0.05) is 0 Å². The Bertz CT molecular complexity index is 415. The van der Waals surface area contributed by atoms with Crippen molar-refractivity contribution in [3.63, 3.8) is 0 Å². The first-order valence-corrected chi connectivity index (χ1v) is 6.72. The largest absolute Gasteiger partial charge is 0.495 e. The van der Waals surface area contributed by atoms with Crippen LogP contribution in [0.1, 0.15) is 24.4 Å². The summed E-state index contributed by atoms with van der Waals surface area (Å²) >= 11 is 3.41. The molecule has 108 valence electrons. The molecule has 1 aliphatic rings. The normalized spacial score (nSPS) is 17.3. The van der Waals surface area contributed by atoms with E-state index >= 15 is 0 Å². The van der Waals surface area contributed by atoms with Crippen molar-refractivity contribution in [2.45, 2.75) is 25.0 Å². The summed E-state index contributed by atoms with van der Waals surface area (Å²) in [5.41, 5.74) is 6.93. The molecular formula is C13H19BrClNO3. The summed E-state index contributed by atoms with van der Waals surface area (Å²) < 4.78 is 11.3. The van der Waals surface area contributed by atoms with Crippen LogP contribution in [0.25, 0.3) is 0 Å². The van der Waals surface area contributed by atoms with E-state index in [1.165, 1.54) is 0 Å². The van der Waals surface area contributed by atoms with Gasteiger partial charge >= 0.3 is 0 Å². The fourth-order valence-electron chi connectivity index (χ4n) is 2.01. The lowest BCUT2D eigenvalue weighted by molar-refractivity contribution is 0.122. The molecule has 2 atom stereocenters. The number of methoxy groups -OCH3 is 2.